The van der Waals surface area contributed by atoms with Gasteiger partial charge in [0.2, 0.25) is 5.91 Å². The van der Waals surface area contributed by atoms with Crippen LogP contribution < -0.4 is 5.32 Å². The molecule has 0 aromatic heterocycles. The number of aliphatic carboxylic acids is 1. The third-order valence-electron chi connectivity index (χ3n) is 6.69. The highest BCUT2D eigenvalue weighted by Gasteiger charge is 2.35. The Bertz CT molecular complexity index is 1320. The monoisotopic (exact) mass is 561 g/mol. The normalized spacial score (nSPS) is 17.9. The number of rotatable bonds is 8. The van der Waals surface area contributed by atoms with Crippen LogP contribution in [0, 0.1) is 0 Å². The number of amides is 1. The van der Waals surface area contributed by atoms with Crippen molar-refractivity contribution in [2.45, 2.75) is 25.3 Å². The number of carbonyl (C=O) groups excluding carboxylic acids is 1. The van der Waals surface area contributed by atoms with E-state index in [9.17, 15) is 9.59 Å². The lowest BCUT2D eigenvalue weighted by atomic mass is 9.90. The number of aryl methyl sites for hydroxylation is 1. The van der Waals surface area contributed by atoms with Gasteiger partial charge in [-0.15, -0.1) is 0 Å². The quantitative estimate of drug-likeness (QED) is 0.371. The van der Waals surface area contributed by atoms with Gasteiger partial charge in [0.25, 0.3) is 0 Å². The summed E-state index contributed by atoms with van der Waals surface area (Å²) in [6, 6.07) is 21.6. The SMILES string of the molecule is O=C(O)CCc1ccc(C(=Nc2ccc(CN3CCOCC3)cc2)C2C(=O)Nc3cc(Br)ccc32)cc1. The first-order valence-corrected chi connectivity index (χ1v) is 13.1. The Morgan fingerprint density at radius 1 is 1.03 bits per heavy atom. The minimum absolute atomic E-state index is 0.0738. The van der Waals surface area contributed by atoms with Crippen LogP contribution in [0.5, 0.6) is 0 Å². The van der Waals surface area contributed by atoms with E-state index in [1.807, 2.05) is 54.6 Å². The number of aliphatic imine (C=N–C) groups is 1. The Morgan fingerprint density at radius 3 is 2.43 bits per heavy atom. The van der Waals surface area contributed by atoms with Gasteiger partial charge in [0.1, 0.15) is 5.92 Å². The summed E-state index contributed by atoms with van der Waals surface area (Å²) in [5.41, 5.74) is 6.05. The number of carbonyl (C=O) groups is 2. The Kier molecular flexibility index (Phi) is 7.79. The topological polar surface area (TPSA) is 91.2 Å². The Morgan fingerprint density at radius 2 is 1.73 bits per heavy atom. The summed E-state index contributed by atoms with van der Waals surface area (Å²) >= 11 is 3.48. The second-order valence-electron chi connectivity index (χ2n) is 9.30. The van der Waals surface area contributed by atoms with Gasteiger partial charge in [-0.25, -0.2) is 0 Å². The lowest BCUT2D eigenvalue weighted by Crippen LogP contribution is -2.35. The Labute approximate surface area is 224 Å². The summed E-state index contributed by atoms with van der Waals surface area (Å²) < 4.78 is 6.33. The molecule has 1 atom stereocenters. The van der Waals surface area contributed by atoms with E-state index in [2.05, 4.69) is 38.3 Å². The van der Waals surface area contributed by atoms with E-state index in [0.29, 0.717) is 12.1 Å². The first kappa shape index (κ1) is 25.3. The standard InChI is InChI=1S/C29H28BrN3O4/c30-22-8-11-24-25(17-22)32-29(36)27(24)28(21-6-1-19(2-7-21)5-12-26(34)35)31-23-9-3-20(4-10-23)18-33-13-15-37-16-14-33/h1-4,6-11,17,27H,5,12-16,18H2,(H,32,36)(H,34,35). The van der Waals surface area contributed by atoms with E-state index in [1.54, 1.807) is 0 Å². The highest BCUT2D eigenvalue weighted by molar-refractivity contribution is 9.10. The molecule has 7 nitrogen and oxygen atoms in total. The average Bonchev–Trinajstić information content (AvgIpc) is 3.22. The Balaban J connectivity index is 1.46. The summed E-state index contributed by atoms with van der Waals surface area (Å²) in [7, 11) is 0. The number of hydrogen-bond acceptors (Lipinski definition) is 5. The highest BCUT2D eigenvalue weighted by Crippen LogP contribution is 2.38. The number of carboxylic acids is 1. The van der Waals surface area contributed by atoms with Crippen molar-refractivity contribution in [2.24, 2.45) is 4.99 Å². The second-order valence-corrected chi connectivity index (χ2v) is 10.2. The summed E-state index contributed by atoms with van der Waals surface area (Å²) in [6.45, 7) is 4.26. The van der Waals surface area contributed by atoms with Gasteiger partial charge in [-0.3, -0.25) is 19.5 Å². The molecular weight excluding hydrogens is 534 g/mol. The highest BCUT2D eigenvalue weighted by atomic mass is 79.9. The number of morpholine rings is 1. The number of nitrogens with zero attached hydrogens (tertiary/aromatic N) is 2. The zero-order valence-electron chi connectivity index (χ0n) is 20.3. The molecular formula is C29H28BrN3O4. The molecule has 2 aliphatic heterocycles. The van der Waals surface area contributed by atoms with Gasteiger partial charge in [-0.1, -0.05) is 58.4 Å². The van der Waals surface area contributed by atoms with Crippen LogP contribution in [-0.2, 0) is 27.3 Å². The number of ether oxygens (including phenoxy) is 1. The minimum atomic E-state index is -0.825. The van der Waals surface area contributed by atoms with Gasteiger partial charge in [-0.05, 0) is 52.9 Å². The van der Waals surface area contributed by atoms with E-state index in [1.165, 1.54) is 5.56 Å². The van der Waals surface area contributed by atoms with Crippen LogP contribution in [0.3, 0.4) is 0 Å². The molecule has 1 fully saturated rings. The molecule has 2 aliphatic rings. The molecule has 0 spiro atoms. The molecule has 1 unspecified atom stereocenters. The zero-order valence-corrected chi connectivity index (χ0v) is 21.9. The number of nitrogens with one attached hydrogen (secondary N) is 1. The predicted molar refractivity (Wildman–Crippen MR) is 147 cm³/mol. The van der Waals surface area contributed by atoms with Crippen molar-refractivity contribution in [3.63, 3.8) is 0 Å². The van der Waals surface area contributed by atoms with Crippen LogP contribution in [0.4, 0.5) is 11.4 Å². The smallest absolute Gasteiger partial charge is 0.303 e. The molecule has 0 aliphatic carbocycles. The van der Waals surface area contributed by atoms with Crippen LogP contribution >= 0.6 is 15.9 Å². The van der Waals surface area contributed by atoms with Crippen molar-refractivity contribution in [3.05, 3.63) is 93.5 Å². The van der Waals surface area contributed by atoms with Crippen molar-refractivity contribution in [3.8, 4) is 0 Å². The van der Waals surface area contributed by atoms with E-state index >= 15 is 0 Å². The third-order valence-corrected chi connectivity index (χ3v) is 7.19. The molecule has 0 radical (unpaired) electrons. The van der Waals surface area contributed by atoms with Crippen LogP contribution in [-0.4, -0.2) is 53.9 Å². The molecule has 2 heterocycles. The maximum absolute atomic E-state index is 13.2. The molecule has 0 bridgehead atoms. The molecule has 5 rings (SSSR count). The zero-order chi connectivity index (χ0) is 25.8. The van der Waals surface area contributed by atoms with Crippen molar-refractivity contribution in [2.75, 3.05) is 31.6 Å². The molecule has 190 valence electrons. The molecule has 8 heteroatoms. The van der Waals surface area contributed by atoms with Crippen LogP contribution in [0.2, 0.25) is 0 Å². The summed E-state index contributed by atoms with van der Waals surface area (Å²) in [4.78, 5) is 31.5. The number of hydrogen-bond donors (Lipinski definition) is 2. The van der Waals surface area contributed by atoms with E-state index in [4.69, 9.17) is 14.8 Å². The molecule has 1 saturated heterocycles. The van der Waals surface area contributed by atoms with Crippen molar-refractivity contribution in [1.82, 2.24) is 4.90 Å². The fraction of sp³-hybridized carbons (Fsp3) is 0.276. The molecule has 0 saturated carbocycles. The summed E-state index contributed by atoms with van der Waals surface area (Å²) in [5.74, 6) is -1.50. The molecule has 3 aromatic carbocycles. The van der Waals surface area contributed by atoms with Gasteiger partial charge >= 0.3 is 5.97 Å². The fourth-order valence-corrected chi connectivity index (χ4v) is 5.09. The number of carboxylic acid groups (broad SMARTS) is 1. The van der Waals surface area contributed by atoms with Gasteiger partial charge in [0, 0.05) is 36.2 Å². The van der Waals surface area contributed by atoms with Crippen molar-refractivity contribution in [1.29, 1.82) is 0 Å². The summed E-state index contributed by atoms with van der Waals surface area (Å²) in [6.07, 6.45) is 0.526. The number of halogens is 1. The minimum Gasteiger partial charge on any atom is -0.481 e. The van der Waals surface area contributed by atoms with Gasteiger partial charge in [0.15, 0.2) is 0 Å². The summed E-state index contributed by atoms with van der Waals surface area (Å²) in [5, 5.41) is 12.0. The fourth-order valence-electron chi connectivity index (χ4n) is 4.73. The maximum Gasteiger partial charge on any atom is 0.303 e. The first-order chi connectivity index (χ1) is 18.0. The number of fused-ring (bicyclic) bond motifs is 1. The Hall–Kier alpha value is -3.33. The number of anilines is 1. The van der Waals surface area contributed by atoms with E-state index < -0.39 is 11.9 Å². The molecule has 37 heavy (non-hydrogen) atoms. The van der Waals surface area contributed by atoms with Gasteiger partial charge in [0.05, 0.1) is 24.6 Å². The van der Waals surface area contributed by atoms with Gasteiger partial charge < -0.3 is 15.2 Å². The number of benzene rings is 3. The lowest BCUT2D eigenvalue weighted by Gasteiger charge is -2.26. The van der Waals surface area contributed by atoms with Crippen molar-refractivity contribution < 1.29 is 19.4 Å². The predicted octanol–water partition coefficient (Wildman–Crippen LogP) is 5.16. The maximum atomic E-state index is 13.2. The van der Waals surface area contributed by atoms with Crippen LogP contribution in [0.25, 0.3) is 0 Å². The van der Waals surface area contributed by atoms with Crippen LogP contribution in [0.15, 0.2) is 76.2 Å². The molecule has 2 N–H and O–H groups in total. The van der Waals surface area contributed by atoms with E-state index in [0.717, 1.165) is 65.4 Å². The second kappa shape index (κ2) is 11.4. The molecule has 1 amide bonds. The van der Waals surface area contributed by atoms with Crippen molar-refractivity contribution >= 4 is 44.9 Å². The van der Waals surface area contributed by atoms with Crippen LogP contribution in [0.1, 0.15) is 34.6 Å². The molecule has 3 aromatic rings. The average molecular weight is 562 g/mol. The lowest BCUT2D eigenvalue weighted by molar-refractivity contribution is -0.137. The third kappa shape index (κ3) is 6.15. The largest absolute Gasteiger partial charge is 0.481 e. The van der Waals surface area contributed by atoms with Gasteiger partial charge in [-0.2, -0.15) is 0 Å². The van der Waals surface area contributed by atoms with E-state index in [-0.39, 0.29) is 12.3 Å². The first-order valence-electron chi connectivity index (χ1n) is 12.4.